The van der Waals surface area contributed by atoms with Crippen LogP contribution in [0.1, 0.15) is 5.82 Å². The van der Waals surface area contributed by atoms with Crippen molar-refractivity contribution < 1.29 is 9.13 Å². The van der Waals surface area contributed by atoms with Crippen molar-refractivity contribution in [1.82, 2.24) is 29.7 Å². The summed E-state index contributed by atoms with van der Waals surface area (Å²) < 4.78 is 21.5. The monoisotopic (exact) mass is 470 g/mol. The third-order valence-corrected chi connectivity index (χ3v) is 5.98. The third-order valence-electron chi connectivity index (χ3n) is 4.99. The van der Waals surface area contributed by atoms with E-state index < -0.39 is 5.82 Å². The zero-order chi connectivity index (χ0) is 23.3. The molecule has 7 nitrogen and oxygen atoms in total. The highest BCUT2D eigenvalue weighted by molar-refractivity contribution is 7.99. The number of para-hydroxylation sites is 2. The van der Waals surface area contributed by atoms with E-state index in [9.17, 15) is 4.39 Å². The summed E-state index contributed by atoms with van der Waals surface area (Å²) >= 11 is 1.38. The summed E-state index contributed by atoms with van der Waals surface area (Å²) in [6.07, 6.45) is 5.17. The van der Waals surface area contributed by atoms with Gasteiger partial charge in [0.05, 0.1) is 5.52 Å². The predicted octanol–water partition coefficient (Wildman–Crippen LogP) is 5.34. The highest BCUT2D eigenvalue weighted by atomic mass is 32.2. The molecule has 0 N–H and O–H groups in total. The summed E-state index contributed by atoms with van der Waals surface area (Å²) in [6.45, 7) is 4.37. The number of allylic oxidation sites excluding steroid dienone is 1. The molecular formula is C25H19FN6OS. The molecule has 2 aromatic carbocycles. The molecule has 0 saturated heterocycles. The van der Waals surface area contributed by atoms with Crippen LogP contribution in [0.2, 0.25) is 0 Å². The average molecular weight is 471 g/mol. The van der Waals surface area contributed by atoms with E-state index in [2.05, 4.69) is 21.8 Å². The fraction of sp³-hybridized carbons (Fsp3) is 0.0800. The normalized spacial score (nSPS) is 11.0. The van der Waals surface area contributed by atoms with Gasteiger partial charge in [-0.25, -0.2) is 14.4 Å². The van der Waals surface area contributed by atoms with E-state index in [1.54, 1.807) is 36.7 Å². The number of aromatic nitrogens is 6. The Morgan fingerprint density at radius 3 is 2.59 bits per heavy atom. The largest absolute Gasteiger partial charge is 0.483 e. The lowest BCUT2D eigenvalue weighted by molar-refractivity contribution is 0.275. The van der Waals surface area contributed by atoms with Crippen molar-refractivity contribution in [3.63, 3.8) is 0 Å². The molecule has 0 aliphatic carbocycles. The number of hydrogen-bond donors (Lipinski definition) is 0. The summed E-state index contributed by atoms with van der Waals surface area (Å²) in [4.78, 5) is 13.6. The minimum Gasteiger partial charge on any atom is -0.483 e. The average Bonchev–Trinajstić information content (AvgIpc) is 3.25. The molecule has 0 atom stereocenters. The molecule has 5 aromatic rings. The molecule has 0 spiro atoms. The Morgan fingerprint density at radius 2 is 1.76 bits per heavy atom. The second-order valence-electron chi connectivity index (χ2n) is 7.22. The van der Waals surface area contributed by atoms with E-state index in [4.69, 9.17) is 14.7 Å². The highest BCUT2D eigenvalue weighted by Crippen LogP contribution is 2.33. The second kappa shape index (κ2) is 9.80. The number of halogens is 1. The number of benzene rings is 2. The second-order valence-corrected chi connectivity index (χ2v) is 8.18. The summed E-state index contributed by atoms with van der Waals surface area (Å²) in [5, 5.41) is 10.9. The number of pyridine rings is 1. The minimum atomic E-state index is -0.428. The molecule has 0 saturated carbocycles. The third kappa shape index (κ3) is 4.51. The van der Waals surface area contributed by atoms with Crippen LogP contribution in [-0.4, -0.2) is 29.7 Å². The van der Waals surface area contributed by atoms with Gasteiger partial charge in [-0.05, 0) is 42.1 Å². The lowest BCUT2D eigenvalue weighted by Crippen LogP contribution is -2.08. The first-order valence-corrected chi connectivity index (χ1v) is 11.3. The topological polar surface area (TPSA) is 78.6 Å². The lowest BCUT2D eigenvalue weighted by atomic mass is 10.2. The standard InChI is InChI=1S/C25H19FN6OS/c1-2-15-32-22(16-33-21-10-6-4-8-19(21)26)30-31-25(32)34-24-18-7-3-5-9-20(18)28-23(29-24)17-11-13-27-14-12-17/h2-14H,1,15-16H2. The van der Waals surface area contributed by atoms with Crippen molar-refractivity contribution >= 4 is 22.7 Å². The number of ether oxygens (including phenoxy) is 1. The number of hydrogen-bond acceptors (Lipinski definition) is 7. The van der Waals surface area contributed by atoms with Gasteiger partial charge in [-0.3, -0.25) is 9.55 Å². The Morgan fingerprint density at radius 1 is 0.971 bits per heavy atom. The van der Waals surface area contributed by atoms with Gasteiger partial charge in [0.2, 0.25) is 0 Å². The molecule has 34 heavy (non-hydrogen) atoms. The molecular weight excluding hydrogens is 451 g/mol. The lowest BCUT2D eigenvalue weighted by Gasteiger charge is -2.11. The first-order valence-electron chi connectivity index (χ1n) is 10.5. The zero-order valence-electron chi connectivity index (χ0n) is 18.0. The smallest absolute Gasteiger partial charge is 0.197 e. The van der Waals surface area contributed by atoms with Gasteiger partial charge in [-0.2, -0.15) is 0 Å². The summed E-state index contributed by atoms with van der Waals surface area (Å²) in [6, 6.07) is 17.8. The molecule has 3 aromatic heterocycles. The van der Waals surface area contributed by atoms with Gasteiger partial charge in [0.1, 0.15) is 11.6 Å². The Balaban J connectivity index is 1.50. The Labute approximate surface area is 199 Å². The Hall–Kier alpha value is -4.11. The molecule has 0 fully saturated rings. The van der Waals surface area contributed by atoms with Crippen molar-refractivity contribution in [1.29, 1.82) is 0 Å². The summed E-state index contributed by atoms with van der Waals surface area (Å²) in [7, 11) is 0. The molecule has 0 amide bonds. The number of nitrogens with zero attached hydrogens (tertiary/aromatic N) is 6. The molecule has 9 heteroatoms. The van der Waals surface area contributed by atoms with Crippen LogP contribution in [0.15, 0.2) is 95.9 Å². The minimum absolute atomic E-state index is 0.0646. The van der Waals surface area contributed by atoms with E-state index in [0.717, 1.165) is 21.5 Å². The van der Waals surface area contributed by atoms with Crippen LogP contribution in [0.4, 0.5) is 4.39 Å². The molecule has 168 valence electrons. The fourth-order valence-electron chi connectivity index (χ4n) is 3.36. The van der Waals surface area contributed by atoms with Gasteiger partial charge in [0, 0.05) is 29.9 Å². The Bertz CT molecular complexity index is 1460. The fourth-order valence-corrected chi connectivity index (χ4v) is 4.32. The van der Waals surface area contributed by atoms with Crippen LogP contribution in [-0.2, 0) is 13.2 Å². The molecule has 3 heterocycles. The van der Waals surface area contributed by atoms with Crippen LogP contribution >= 0.6 is 11.8 Å². The maximum Gasteiger partial charge on any atom is 0.197 e. The van der Waals surface area contributed by atoms with Crippen LogP contribution in [0.5, 0.6) is 5.75 Å². The first kappa shape index (κ1) is 21.7. The molecule has 0 unspecified atom stereocenters. The van der Waals surface area contributed by atoms with E-state index >= 15 is 0 Å². The van der Waals surface area contributed by atoms with E-state index in [-0.39, 0.29) is 12.4 Å². The molecule has 0 aliphatic rings. The summed E-state index contributed by atoms with van der Waals surface area (Å²) in [5.74, 6) is 0.886. The quantitative estimate of drug-likeness (QED) is 0.224. The van der Waals surface area contributed by atoms with Crippen molar-refractivity contribution in [2.45, 2.75) is 23.3 Å². The van der Waals surface area contributed by atoms with E-state index in [1.807, 2.05) is 41.0 Å². The molecule has 0 radical (unpaired) electrons. The predicted molar refractivity (Wildman–Crippen MR) is 128 cm³/mol. The van der Waals surface area contributed by atoms with Crippen LogP contribution in [0.3, 0.4) is 0 Å². The van der Waals surface area contributed by atoms with Crippen molar-refractivity contribution in [2.75, 3.05) is 0 Å². The van der Waals surface area contributed by atoms with Crippen LogP contribution < -0.4 is 4.74 Å². The van der Waals surface area contributed by atoms with Crippen molar-refractivity contribution in [3.8, 4) is 17.1 Å². The molecule has 0 bridgehead atoms. The zero-order valence-corrected chi connectivity index (χ0v) is 18.8. The first-order chi connectivity index (χ1) is 16.7. The molecule has 0 aliphatic heterocycles. The van der Waals surface area contributed by atoms with Gasteiger partial charge in [-0.15, -0.1) is 16.8 Å². The van der Waals surface area contributed by atoms with Crippen LogP contribution in [0, 0.1) is 5.82 Å². The SMILES string of the molecule is C=CCn1c(COc2ccccc2F)nnc1Sc1nc(-c2ccncc2)nc2ccccc12. The van der Waals surface area contributed by atoms with Gasteiger partial charge in [0.25, 0.3) is 0 Å². The number of rotatable bonds is 8. The number of fused-ring (bicyclic) bond motifs is 1. The molecule has 5 rings (SSSR count). The van der Waals surface area contributed by atoms with E-state index in [0.29, 0.717) is 23.4 Å². The van der Waals surface area contributed by atoms with Gasteiger partial charge in [-0.1, -0.05) is 36.4 Å². The summed E-state index contributed by atoms with van der Waals surface area (Å²) in [5.41, 5.74) is 1.69. The Kier molecular flexibility index (Phi) is 6.26. The maximum atomic E-state index is 14.0. The van der Waals surface area contributed by atoms with Gasteiger partial charge < -0.3 is 4.74 Å². The highest BCUT2D eigenvalue weighted by Gasteiger charge is 2.17. The van der Waals surface area contributed by atoms with Gasteiger partial charge in [0.15, 0.2) is 28.4 Å². The van der Waals surface area contributed by atoms with Crippen molar-refractivity contribution in [2.24, 2.45) is 0 Å². The van der Waals surface area contributed by atoms with Gasteiger partial charge >= 0.3 is 0 Å². The van der Waals surface area contributed by atoms with Crippen molar-refractivity contribution in [3.05, 3.63) is 97.4 Å². The van der Waals surface area contributed by atoms with Crippen LogP contribution in [0.25, 0.3) is 22.3 Å². The van der Waals surface area contributed by atoms with E-state index in [1.165, 1.54) is 17.8 Å². The maximum absolute atomic E-state index is 14.0.